The van der Waals surface area contributed by atoms with Crippen molar-refractivity contribution in [2.75, 3.05) is 18.4 Å². The van der Waals surface area contributed by atoms with Crippen molar-refractivity contribution in [3.63, 3.8) is 0 Å². The molecular formula is C23H23ClN6O2. The van der Waals surface area contributed by atoms with E-state index in [0.29, 0.717) is 35.3 Å². The van der Waals surface area contributed by atoms with E-state index in [2.05, 4.69) is 24.7 Å². The Morgan fingerprint density at radius 2 is 2.06 bits per heavy atom. The second-order valence-electron chi connectivity index (χ2n) is 8.62. The highest BCUT2D eigenvalue weighted by molar-refractivity contribution is 6.33. The zero-order valence-electron chi connectivity index (χ0n) is 17.7. The molecule has 0 spiro atoms. The minimum absolute atomic E-state index is 0.198. The van der Waals surface area contributed by atoms with Crippen LogP contribution in [0.3, 0.4) is 0 Å². The van der Waals surface area contributed by atoms with Crippen molar-refractivity contribution in [3.8, 4) is 0 Å². The lowest BCUT2D eigenvalue weighted by Crippen LogP contribution is -2.40. The van der Waals surface area contributed by atoms with Gasteiger partial charge in [-0.2, -0.15) is 0 Å². The number of nitrogens with zero attached hydrogens (tertiary/aromatic N) is 5. The normalized spacial score (nSPS) is 17.7. The Balaban J connectivity index is 1.31. The lowest BCUT2D eigenvalue weighted by Gasteiger charge is -2.33. The molecule has 2 fully saturated rings. The maximum atomic E-state index is 12.4. The van der Waals surface area contributed by atoms with Gasteiger partial charge in [-0.15, -0.1) is 0 Å². The van der Waals surface area contributed by atoms with Gasteiger partial charge in [0.05, 0.1) is 22.7 Å². The van der Waals surface area contributed by atoms with Crippen LogP contribution in [0.5, 0.6) is 0 Å². The molecule has 1 saturated heterocycles. The Bertz CT molecular complexity index is 1220. The number of hydrogen-bond acceptors (Lipinski definition) is 5. The highest BCUT2D eigenvalue weighted by Crippen LogP contribution is 2.39. The maximum absolute atomic E-state index is 12.4. The first kappa shape index (κ1) is 20.6. The average molecular weight is 451 g/mol. The number of fused-ring (bicyclic) bond motifs is 1. The fourth-order valence-electron chi connectivity index (χ4n) is 4.05. The summed E-state index contributed by atoms with van der Waals surface area (Å²) in [7, 11) is 0. The lowest BCUT2D eigenvalue weighted by atomic mass is 10.1. The summed E-state index contributed by atoms with van der Waals surface area (Å²) in [5.41, 5.74) is 1.76. The van der Waals surface area contributed by atoms with Crippen molar-refractivity contribution in [2.45, 2.75) is 44.2 Å². The lowest BCUT2D eigenvalue weighted by molar-refractivity contribution is 0.0498. The second kappa shape index (κ2) is 7.99. The number of rotatable bonds is 4. The highest BCUT2D eigenvalue weighted by atomic mass is 35.5. The van der Waals surface area contributed by atoms with E-state index in [0.717, 1.165) is 36.7 Å². The molecule has 0 radical (unpaired) electrons. The van der Waals surface area contributed by atoms with E-state index in [9.17, 15) is 4.79 Å². The number of carbonyl (C=O) groups is 1. The largest absolute Gasteiger partial charge is 0.443 e. The summed E-state index contributed by atoms with van der Waals surface area (Å²) < 4.78 is 7.77. The van der Waals surface area contributed by atoms with Gasteiger partial charge in [0.25, 0.3) is 0 Å². The predicted octanol–water partition coefficient (Wildman–Crippen LogP) is 5.71. The molecule has 0 atom stereocenters. The zero-order chi connectivity index (χ0) is 22.3. The summed E-state index contributed by atoms with van der Waals surface area (Å²) >= 11 is 6.32. The molecule has 2 aliphatic rings. The Morgan fingerprint density at radius 3 is 2.75 bits per heavy atom. The molecule has 1 aromatic carbocycles. The fourth-order valence-corrected chi connectivity index (χ4v) is 4.27. The number of likely N-dealkylation sites (tertiary alicyclic amines) is 1. The molecular weight excluding hydrogens is 428 g/mol. The Hall–Kier alpha value is -3.31. The molecule has 1 saturated carbocycles. The van der Waals surface area contributed by atoms with E-state index in [-0.39, 0.29) is 17.7 Å². The number of benzene rings is 1. The molecule has 0 bridgehead atoms. The molecule has 1 aliphatic carbocycles. The summed E-state index contributed by atoms with van der Waals surface area (Å²) in [5.74, 6) is 0.657. The standard InChI is InChI=1S/C23H23ClN6O2/c1-23(8-9-23)32-22(31)29-10-5-16(6-11-29)30-12-7-17-20(26-14-27-21(17)30)28-19-4-3-15(25-2)13-18(19)24/h3-4,7,12-14,16H,5-6,8-11H2,1H3,(H,26,27,28). The summed E-state index contributed by atoms with van der Waals surface area (Å²) in [6.45, 7) is 10.4. The third kappa shape index (κ3) is 3.96. The van der Waals surface area contributed by atoms with Crippen molar-refractivity contribution in [1.82, 2.24) is 19.4 Å². The molecule has 1 amide bonds. The van der Waals surface area contributed by atoms with Crippen LogP contribution in [0.15, 0.2) is 36.8 Å². The molecule has 3 heterocycles. The molecule has 8 nitrogen and oxygen atoms in total. The number of anilines is 2. The quantitative estimate of drug-likeness (QED) is 0.515. The van der Waals surface area contributed by atoms with Gasteiger partial charge in [0.2, 0.25) is 0 Å². The van der Waals surface area contributed by atoms with Crippen molar-refractivity contribution in [2.24, 2.45) is 0 Å². The summed E-state index contributed by atoms with van der Waals surface area (Å²) in [5, 5.41) is 4.62. The number of nitrogens with one attached hydrogen (secondary N) is 1. The minimum atomic E-state index is -0.246. The van der Waals surface area contributed by atoms with E-state index < -0.39 is 0 Å². The first-order valence-corrected chi connectivity index (χ1v) is 11.1. The van der Waals surface area contributed by atoms with Gasteiger partial charge in [-0.05, 0) is 50.8 Å². The average Bonchev–Trinajstić information content (AvgIpc) is 3.36. The third-order valence-electron chi connectivity index (χ3n) is 6.25. The number of halogens is 1. The zero-order valence-corrected chi connectivity index (χ0v) is 18.5. The van der Waals surface area contributed by atoms with Gasteiger partial charge in [-0.3, -0.25) is 0 Å². The van der Waals surface area contributed by atoms with Gasteiger partial charge in [-0.25, -0.2) is 19.6 Å². The Kier molecular flexibility index (Phi) is 5.14. The molecule has 1 aliphatic heterocycles. The van der Waals surface area contributed by atoms with Gasteiger partial charge in [-0.1, -0.05) is 17.7 Å². The number of aromatic nitrogens is 3. The number of ether oxygens (including phenoxy) is 1. The SMILES string of the molecule is [C-]#[N+]c1ccc(Nc2ncnc3c2ccn3C2CCN(C(=O)OC3(C)CC3)CC2)c(Cl)c1. The maximum Gasteiger partial charge on any atom is 0.410 e. The van der Waals surface area contributed by atoms with Gasteiger partial charge in [0, 0.05) is 25.3 Å². The van der Waals surface area contributed by atoms with Gasteiger partial charge in [0.1, 0.15) is 23.4 Å². The van der Waals surface area contributed by atoms with Crippen LogP contribution in [0.2, 0.25) is 5.02 Å². The number of amides is 1. The van der Waals surface area contributed by atoms with Crippen LogP contribution in [-0.2, 0) is 4.74 Å². The Morgan fingerprint density at radius 1 is 1.28 bits per heavy atom. The summed E-state index contributed by atoms with van der Waals surface area (Å²) in [4.78, 5) is 26.5. The van der Waals surface area contributed by atoms with Crippen LogP contribution in [0.4, 0.5) is 22.0 Å². The monoisotopic (exact) mass is 450 g/mol. The van der Waals surface area contributed by atoms with E-state index in [1.807, 2.05) is 24.1 Å². The second-order valence-corrected chi connectivity index (χ2v) is 9.03. The molecule has 2 aromatic heterocycles. The van der Waals surface area contributed by atoms with Crippen LogP contribution in [0.25, 0.3) is 15.9 Å². The topological polar surface area (TPSA) is 76.6 Å². The highest BCUT2D eigenvalue weighted by Gasteiger charge is 2.43. The molecule has 9 heteroatoms. The van der Waals surface area contributed by atoms with Crippen molar-refractivity contribution < 1.29 is 9.53 Å². The van der Waals surface area contributed by atoms with Crippen LogP contribution in [-0.4, -0.2) is 44.2 Å². The molecule has 5 rings (SSSR count). The third-order valence-corrected chi connectivity index (χ3v) is 6.56. The van der Waals surface area contributed by atoms with E-state index >= 15 is 0 Å². The first-order chi connectivity index (χ1) is 15.5. The van der Waals surface area contributed by atoms with Gasteiger partial charge >= 0.3 is 6.09 Å². The molecule has 3 aromatic rings. The number of carbonyl (C=O) groups excluding carboxylic acids is 1. The molecule has 32 heavy (non-hydrogen) atoms. The predicted molar refractivity (Wildman–Crippen MR) is 122 cm³/mol. The van der Waals surface area contributed by atoms with E-state index in [4.69, 9.17) is 22.9 Å². The van der Waals surface area contributed by atoms with Gasteiger partial charge in [0.15, 0.2) is 5.69 Å². The van der Waals surface area contributed by atoms with Crippen LogP contribution in [0.1, 0.15) is 38.6 Å². The van der Waals surface area contributed by atoms with E-state index in [1.54, 1.807) is 18.2 Å². The minimum Gasteiger partial charge on any atom is -0.443 e. The number of piperidine rings is 1. The molecule has 1 N–H and O–H groups in total. The first-order valence-electron chi connectivity index (χ1n) is 10.7. The smallest absolute Gasteiger partial charge is 0.410 e. The summed E-state index contributed by atoms with van der Waals surface area (Å²) in [6.07, 6.45) is 6.95. The van der Waals surface area contributed by atoms with Crippen molar-refractivity contribution in [1.29, 1.82) is 0 Å². The van der Waals surface area contributed by atoms with Crippen LogP contribution >= 0.6 is 11.6 Å². The van der Waals surface area contributed by atoms with Crippen molar-refractivity contribution >= 4 is 45.9 Å². The van der Waals surface area contributed by atoms with Gasteiger partial charge < -0.3 is 19.5 Å². The van der Waals surface area contributed by atoms with Crippen molar-refractivity contribution in [3.05, 3.63) is 53.2 Å². The van der Waals surface area contributed by atoms with E-state index in [1.165, 1.54) is 6.33 Å². The van der Waals surface area contributed by atoms with Crippen LogP contribution in [0, 0.1) is 6.57 Å². The molecule has 0 unspecified atom stereocenters. The molecule has 164 valence electrons. The summed E-state index contributed by atoms with van der Waals surface area (Å²) in [6, 6.07) is 7.36. The fraction of sp³-hybridized carbons (Fsp3) is 0.391. The Labute approximate surface area is 191 Å². The number of hydrogen-bond donors (Lipinski definition) is 1. The van der Waals surface area contributed by atoms with Crippen LogP contribution < -0.4 is 5.32 Å².